The fourth-order valence-electron chi connectivity index (χ4n) is 2.19. The Labute approximate surface area is 154 Å². The summed E-state index contributed by atoms with van der Waals surface area (Å²) < 4.78 is 5.70. The van der Waals surface area contributed by atoms with Gasteiger partial charge in [0.1, 0.15) is 0 Å². The first-order chi connectivity index (χ1) is 10.7. The smallest absolute Gasteiger partial charge is 0.244 e. The third-order valence-corrected chi connectivity index (χ3v) is 9.27. The zero-order valence-corrected chi connectivity index (χ0v) is 18.6. The molecule has 0 rings (SSSR count). The highest BCUT2D eigenvalue weighted by Gasteiger charge is 2.18. The fraction of sp³-hybridized carbons (Fsp3) is 1.00. The summed E-state index contributed by atoms with van der Waals surface area (Å²) in [6, 6.07) is 0. The van der Waals surface area contributed by atoms with Crippen LogP contribution in [-0.2, 0) is 16.3 Å². The summed E-state index contributed by atoms with van der Waals surface area (Å²) in [4.78, 5) is 10.3. The molecule has 0 aromatic carbocycles. The van der Waals surface area contributed by atoms with E-state index in [1.165, 1.54) is 43.5 Å². The summed E-state index contributed by atoms with van der Waals surface area (Å²) in [7, 11) is 0. The molecule has 0 aromatic heterocycles. The van der Waals surface area contributed by atoms with E-state index in [-0.39, 0.29) is 0 Å². The van der Waals surface area contributed by atoms with Crippen LogP contribution in [0.1, 0.15) is 80.1 Å². The van der Waals surface area contributed by atoms with E-state index in [0.717, 1.165) is 24.0 Å². The Balaban J connectivity index is 3.93. The van der Waals surface area contributed by atoms with Crippen LogP contribution in [0.3, 0.4) is 0 Å². The van der Waals surface area contributed by atoms with Gasteiger partial charge in [-0.15, -0.1) is 0 Å². The highest BCUT2D eigenvalue weighted by Crippen LogP contribution is 2.57. The standard InChI is InChI=1S/C18H39O2PS2/c1-7-15(3)9-11-17(5)13-20-21(19,22)23-14-18(6)12-10-16(4)8-2/h15-18H,7-14H2,1-6H3,(H,19,22). The predicted molar refractivity (Wildman–Crippen MR) is 111 cm³/mol. The normalized spacial score (nSPS) is 19.8. The largest absolute Gasteiger partial charge is 0.337 e. The Morgan fingerprint density at radius 2 is 1.30 bits per heavy atom. The van der Waals surface area contributed by atoms with Crippen molar-refractivity contribution in [3.63, 3.8) is 0 Å². The Bertz CT molecular complexity index is 311. The van der Waals surface area contributed by atoms with E-state index >= 15 is 0 Å². The van der Waals surface area contributed by atoms with Gasteiger partial charge in [0.25, 0.3) is 0 Å². The maximum Gasteiger partial charge on any atom is 0.244 e. The van der Waals surface area contributed by atoms with Gasteiger partial charge >= 0.3 is 0 Å². The SMILES string of the molecule is CCC(C)CCC(C)COP(O)(=S)SCC(C)CCC(C)CC. The molecule has 0 aromatic rings. The molecular weight excluding hydrogens is 343 g/mol. The molecule has 140 valence electrons. The van der Waals surface area contributed by atoms with E-state index in [4.69, 9.17) is 16.3 Å². The van der Waals surface area contributed by atoms with Crippen molar-refractivity contribution in [1.82, 2.24) is 0 Å². The van der Waals surface area contributed by atoms with Crippen molar-refractivity contribution < 1.29 is 9.42 Å². The molecule has 0 aliphatic carbocycles. The van der Waals surface area contributed by atoms with Gasteiger partial charge in [-0.25, -0.2) is 0 Å². The van der Waals surface area contributed by atoms with Gasteiger partial charge in [-0.05, 0) is 48.3 Å². The van der Waals surface area contributed by atoms with Gasteiger partial charge in [0.05, 0.1) is 6.61 Å². The summed E-state index contributed by atoms with van der Waals surface area (Å²) >= 11 is 6.78. The lowest BCUT2D eigenvalue weighted by atomic mass is 9.97. The van der Waals surface area contributed by atoms with Crippen molar-refractivity contribution in [2.45, 2.75) is 80.1 Å². The zero-order chi connectivity index (χ0) is 17.9. The van der Waals surface area contributed by atoms with Crippen LogP contribution in [0.15, 0.2) is 0 Å². The van der Waals surface area contributed by atoms with Crippen LogP contribution in [-0.4, -0.2) is 17.3 Å². The van der Waals surface area contributed by atoms with Crippen molar-refractivity contribution in [2.24, 2.45) is 23.7 Å². The summed E-state index contributed by atoms with van der Waals surface area (Å²) in [6.45, 7) is 14.1. The van der Waals surface area contributed by atoms with Gasteiger partial charge in [0.2, 0.25) is 5.69 Å². The Morgan fingerprint density at radius 1 is 0.870 bits per heavy atom. The first-order valence-corrected chi connectivity index (χ1v) is 13.6. The van der Waals surface area contributed by atoms with Crippen LogP contribution in [0.4, 0.5) is 0 Å². The molecule has 0 amide bonds. The zero-order valence-electron chi connectivity index (χ0n) is 16.1. The van der Waals surface area contributed by atoms with Crippen LogP contribution in [0.2, 0.25) is 0 Å². The summed E-state index contributed by atoms with van der Waals surface area (Å²) in [5.41, 5.74) is -2.66. The number of hydrogen-bond donors (Lipinski definition) is 1. The number of rotatable bonds is 14. The van der Waals surface area contributed by atoms with Gasteiger partial charge in [-0.1, -0.05) is 78.6 Å². The first-order valence-electron chi connectivity index (χ1n) is 9.31. The Morgan fingerprint density at radius 3 is 1.78 bits per heavy atom. The van der Waals surface area contributed by atoms with Crippen molar-refractivity contribution in [3.05, 3.63) is 0 Å². The number of hydrogen-bond acceptors (Lipinski definition) is 3. The van der Waals surface area contributed by atoms with E-state index in [1.807, 2.05) is 0 Å². The van der Waals surface area contributed by atoms with Crippen LogP contribution in [0.25, 0.3) is 0 Å². The molecule has 0 spiro atoms. The molecule has 5 unspecified atom stereocenters. The maximum atomic E-state index is 10.3. The maximum absolute atomic E-state index is 10.3. The average Bonchev–Trinajstić information content (AvgIpc) is 2.53. The van der Waals surface area contributed by atoms with Crippen molar-refractivity contribution >= 4 is 28.9 Å². The van der Waals surface area contributed by atoms with Gasteiger partial charge in [0, 0.05) is 5.75 Å². The molecule has 0 heterocycles. The molecule has 0 bridgehead atoms. The van der Waals surface area contributed by atoms with Crippen LogP contribution in [0, 0.1) is 23.7 Å². The Hall–Kier alpha value is 0.920. The predicted octanol–water partition coefficient (Wildman–Crippen LogP) is 6.88. The lowest BCUT2D eigenvalue weighted by Gasteiger charge is -2.21. The van der Waals surface area contributed by atoms with E-state index in [1.54, 1.807) is 0 Å². The first kappa shape index (κ1) is 23.9. The quantitative estimate of drug-likeness (QED) is 0.332. The minimum atomic E-state index is -2.66. The minimum absolute atomic E-state index is 0.474. The van der Waals surface area contributed by atoms with Gasteiger partial charge in [-0.3, -0.25) is 0 Å². The monoisotopic (exact) mass is 382 g/mol. The molecule has 1 N–H and O–H groups in total. The second-order valence-electron chi connectivity index (χ2n) is 7.45. The Kier molecular flexibility index (Phi) is 13.7. The summed E-state index contributed by atoms with van der Waals surface area (Å²) in [6.07, 6.45) is 7.34. The van der Waals surface area contributed by atoms with E-state index in [2.05, 4.69) is 41.5 Å². The molecule has 0 aliphatic heterocycles. The average molecular weight is 383 g/mol. The molecule has 5 heteroatoms. The third kappa shape index (κ3) is 13.8. The van der Waals surface area contributed by atoms with Crippen LogP contribution >= 0.6 is 17.1 Å². The molecule has 0 saturated carbocycles. The molecule has 0 fully saturated rings. The lowest BCUT2D eigenvalue weighted by molar-refractivity contribution is 0.247. The van der Waals surface area contributed by atoms with E-state index in [9.17, 15) is 4.89 Å². The van der Waals surface area contributed by atoms with E-state index < -0.39 is 5.69 Å². The summed E-state index contributed by atoms with van der Waals surface area (Å²) in [5, 5.41) is 0. The highest BCUT2D eigenvalue weighted by molar-refractivity contribution is 8.67. The lowest BCUT2D eigenvalue weighted by Crippen LogP contribution is -2.07. The van der Waals surface area contributed by atoms with E-state index in [0.29, 0.717) is 18.4 Å². The third-order valence-electron chi connectivity index (χ3n) is 4.74. The highest BCUT2D eigenvalue weighted by atomic mass is 32.9. The second kappa shape index (κ2) is 13.2. The van der Waals surface area contributed by atoms with Crippen molar-refractivity contribution in [2.75, 3.05) is 12.4 Å². The summed E-state index contributed by atoms with van der Waals surface area (Å²) in [5.74, 6) is 3.54. The molecule has 0 saturated heterocycles. The molecular formula is C18H39O2PS2. The van der Waals surface area contributed by atoms with Crippen LogP contribution < -0.4 is 0 Å². The fourth-order valence-corrected chi connectivity index (χ4v) is 5.79. The molecule has 2 nitrogen and oxygen atoms in total. The topological polar surface area (TPSA) is 29.5 Å². The molecule has 5 atom stereocenters. The molecule has 0 radical (unpaired) electrons. The van der Waals surface area contributed by atoms with Gasteiger partial charge in [-0.2, -0.15) is 0 Å². The molecule has 0 aliphatic rings. The minimum Gasteiger partial charge on any atom is -0.337 e. The second-order valence-corrected chi connectivity index (χ2v) is 13.7. The molecule has 23 heavy (non-hydrogen) atoms. The van der Waals surface area contributed by atoms with Crippen molar-refractivity contribution in [1.29, 1.82) is 0 Å². The van der Waals surface area contributed by atoms with Crippen molar-refractivity contribution in [3.8, 4) is 0 Å². The van der Waals surface area contributed by atoms with Crippen LogP contribution in [0.5, 0.6) is 0 Å². The van der Waals surface area contributed by atoms with Gasteiger partial charge < -0.3 is 9.42 Å². The van der Waals surface area contributed by atoms with Gasteiger partial charge in [0.15, 0.2) is 0 Å².